The van der Waals surface area contributed by atoms with Crippen molar-refractivity contribution >= 4 is 11.9 Å². The highest BCUT2D eigenvalue weighted by molar-refractivity contribution is 5.80. The Hall–Kier alpha value is -1.40. The number of rotatable bonds is 56. The summed E-state index contributed by atoms with van der Waals surface area (Å²) in [6, 6.07) is 0. The fraction of sp³-hybridized carbons (Fsp3) is 0.938. The second kappa shape index (κ2) is 54.8. The number of esters is 2. The van der Waals surface area contributed by atoms with Crippen molar-refractivity contribution in [3.05, 3.63) is 12.2 Å². The molecule has 1 rings (SSSR count). The van der Waals surface area contributed by atoms with Gasteiger partial charge in [-0.3, -0.25) is 9.59 Å². The molecule has 1 unspecified atom stereocenters. The molecule has 0 saturated carbocycles. The van der Waals surface area contributed by atoms with Crippen LogP contribution in [0.1, 0.15) is 354 Å². The highest BCUT2D eigenvalue weighted by Gasteiger charge is 2.36. The zero-order chi connectivity index (χ0) is 51.1. The van der Waals surface area contributed by atoms with E-state index >= 15 is 0 Å². The van der Waals surface area contributed by atoms with Crippen molar-refractivity contribution < 1.29 is 29.3 Å². The Kier molecular flexibility index (Phi) is 52.2. The van der Waals surface area contributed by atoms with Crippen molar-refractivity contribution in [2.24, 2.45) is 11.3 Å². The van der Waals surface area contributed by atoms with Gasteiger partial charge in [0, 0.05) is 0 Å². The molecule has 0 spiro atoms. The molecule has 1 saturated heterocycles. The summed E-state index contributed by atoms with van der Waals surface area (Å²) in [6.07, 6.45) is 78.7. The first kappa shape index (κ1) is 67.6. The van der Waals surface area contributed by atoms with E-state index < -0.39 is 36.5 Å². The highest BCUT2D eigenvalue weighted by Crippen LogP contribution is 2.25. The largest absolute Gasteiger partial charge is 0.465 e. The van der Waals surface area contributed by atoms with Gasteiger partial charge in [0.15, 0.2) is 0 Å². The third-order valence-electron chi connectivity index (χ3n) is 16.0. The SMILES string of the molecule is CCCCC/C=C/CCCCCCCCCCCCCCCCCCCCCCCCCCCCCCCCCCCCCCCCCCCCCCCCCC1CC(=O)OCC(CO)(CO)COC1=O. The van der Waals surface area contributed by atoms with Crippen LogP contribution >= 0.6 is 0 Å². The summed E-state index contributed by atoms with van der Waals surface area (Å²) in [7, 11) is 0. The monoisotopic (exact) mass is 1000 g/mol. The maximum Gasteiger partial charge on any atom is 0.309 e. The molecule has 1 heterocycles. The average Bonchev–Trinajstić information content (AvgIpc) is 3.44. The Labute approximate surface area is 443 Å². The predicted molar refractivity (Wildman–Crippen MR) is 306 cm³/mol. The quantitative estimate of drug-likeness (QED) is 0.0358. The van der Waals surface area contributed by atoms with Crippen molar-refractivity contribution in [3.63, 3.8) is 0 Å². The Bertz CT molecular complexity index is 1120. The molecule has 0 amide bonds. The number of carbonyl (C=O) groups excluding carboxylic acids is 2. The van der Waals surface area contributed by atoms with Gasteiger partial charge in [0.05, 0.1) is 31.0 Å². The van der Waals surface area contributed by atoms with Gasteiger partial charge in [0.2, 0.25) is 0 Å². The van der Waals surface area contributed by atoms with E-state index in [-0.39, 0.29) is 19.6 Å². The van der Waals surface area contributed by atoms with Crippen molar-refractivity contribution in [2.45, 2.75) is 354 Å². The van der Waals surface area contributed by atoms with E-state index in [0.29, 0.717) is 6.42 Å². The normalized spacial score (nSPS) is 15.3. The molecule has 0 bridgehead atoms. The first-order valence-corrected chi connectivity index (χ1v) is 32.3. The van der Waals surface area contributed by atoms with Crippen molar-refractivity contribution in [1.29, 1.82) is 0 Å². The topological polar surface area (TPSA) is 93.1 Å². The van der Waals surface area contributed by atoms with E-state index in [1.54, 1.807) is 0 Å². The zero-order valence-corrected chi connectivity index (χ0v) is 47.8. The molecule has 1 aliphatic rings. The van der Waals surface area contributed by atoms with E-state index in [4.69, 9.17) is 9.47 Å². The number of aliphatic hydroxyl groups is 2. The van der Waals surface area contributed by atoms with Gasteiger partial charge in [-0.05, 0) is 32.1 Å². The molecule has 0 radical (unpaired) electrons. The third kappa shape index (κ3) is 46.8. The number of ether oxygens (including phenoxy) is 2. The lowest BCUT2D eigenvalue weighted by Gasteiger charge is -2.27. The Morgan fingerprint density at radius 1 is 0.366 bits per heavy atom. The van der Waals surface area contributed by atoms with Crippen LogP contribution in [0, 0.1) is 11.3 Å². The Balaban J connectivity index is 1.67. The van der Waals surface area contributed by atoms with Crippen LogP contribution in [0.3, 0.4) is 0 Å². The number of allylic oxidation sites excluding steroid dienone is 2. The van der Waals surface area contributed by atoms with Crippen LogP contribution < -0.4 is 0 Å². The molecule has 0 aromatic heterocycles. The first-order chi connectivity index (χ1) is 35.1. The maximum absolute atomic E-state index is 12.5. The van der Waals surface area contributed by atoms with Crippen LogP contribution in [-0.2, 0) is 19.1 Å². The minimum atomic E-state index is -1.12. The van der Waals surface area contributed by atoms with Crippen LogP contribution in [-0.4, -0.2) is 48.6 Å². The van der Waals surface area contributed by atoms with E-state index in [1.807, 2.05) is 0 Å². The van der Waals surface area contributed by atoms with E-state index in [9.17, 15) is 19.8 Å². The van der Waals surface area contributed by atoms with Gasteiger partial charge in [-0.2, -0.15) is 0 Å². The first-order valence-electron chi connectivity index (χ1n) is 32.3. The van der Waals surface area contributed by atoms with Gasteiger partial charge >= 0.3 is 11.9 Å². The molecule has 2 N–H and O–H groups in total. The van der Waals surface area contributed by atoms with Crippen LogP contribution in [0.5, 0.6) is 0 Å². The average molecular weight is 1000 g/mol. The number of hydrogen-bond acceptors (Lipinski definition) is 6. The summed E-state index contributed by atoms with van der Waals surface area (Å²) in [6.45, 7) is 1.19. The fourth-order valence-electron chi connectivity index (χ4n) is 10.8. The Morgan fingerprint density at radius 2 is 0.606 bits per heavy atom. The highest BCUT2D eigenvalue weighted by atomic mass is 16.6. The van der Waals surface area contributed by atoms with Gasteiger partial charge < -0.3 is 19.7 Å². The molecule has 71 heavy (non-hydrogen) atoms. The molecule has 0 aromatic carbocycles. The van der Waals surface area contributed by atoms with Crippen LogP contribution in [0.2, 0.25) is 0 Å². The van der Waals surface area contributed by atoms with Crippen molar-refractivity contribution in [1.82, 2.24) is 0 Å². The predicted octanol–water partition coefficient (Wildman–Crippen LogP) is 20.3. The second-order valence-corrected chi connectivity index (χ2v) is 23.1. The molecule has 0 aromatic rings. The summed E-state index contributed by atoms with van der Waals surface area (Å²) in [5.74, 6) is -1.40. The van der Waals surface area contributed by atoms with Crippen molar-refractivity contribution in [2.75, 3.05) is 26.4 Å². The molecular weight excluding hydrogens is 877 g/mol. The Morgan fingerprint density at radius 3 is 0.873 bits per heavy atom. The summed E-state index contributed by atoms with van der Waals surface area (Å²) in [5.41, 5.74) is -1.12. The van der Waals surface area contributed by atoms with Gasteiger partial charge in [-0.15, -0.1) is 0 Å². The minimum Gasteiger partial charge on any atom is -0.465 e. The third-order valence-corrected chi connectivity index (χ3v) is 16.0. The summed E-state index contributed by atoms with van der Waals surface area (Å²) < 4.78 is 10.6. The molecule has 0 aliphatic carbocycles. The number of cyclic esters (lactones) is 2. The number of aliphatic hydroxyl groups excluding tert-OH is 2. The number of unbranched alkanes of at least 4 members (excludes halogenated alkanes) is 50. The van der Waals surface area contributed by atoms with Crippen LogP contribution in [0.15, 0.2) is 12.2 Å². The molecule has 1 atom stereocenters. The summed E-state index contributed by atoms with van der Waals surface area (Å²) in [5, 5.41) is 19.2. The molecule has 6 nitrogen and oxygen atoms in total. The van der Waals surface area contributed by atoms with E-state index in [1.165, 1.54) is 315 Å². The van der Waals surface area contributed by atoms with E-state index in [2.05, 4.69) is 19.1 Å². The van der Waals surface area contributed by atoms with Crippen molar-refractivity contribution in [3.8, 4) is 0 Å². The second-order valence-electron chi connectivity index (χ2n) is 23.1. The molecule has 420 valence electrons. The maximum atomic E-state index is 12.5. The molecule has 1 fully saturated rings. The summed E-state index contributed by atoms with van der Waals surface area (Å²) >= 11 is 0. The number of carbonyl (C=O) groups is 2. The van der Waals surface area contributed by atoms with Gasteiger partial charge in [-0.1, -0.05) is 327 Å². The van der Waals surface area contributed by atoms with Crippen LogP contribution in [0.4, 0.5) is 0 Å². The molecule has 1 aliphatic heterocycles. The van der Waals surface area contributed by atoms with E-state index in [0.717, 1.165) is 19.3 Å². The smallest absolute Gasteiger partial charge is 0.309 e. The lowest BCUT2D eigenvalue weighted by atomic mass is 9.92. The minimum absolute atomic E-state index is 0.00521. The van der Waals surface area contributed by atoms with Gasteiger partial charge in [0.25, 0.3) is 0 Å². The van der Waals surface area contributed by atoms with Gasteiger partial charge in [0.1, 0.15) is 13.2 Å². The fourth-order valence-corrected chi connectivity index (χ4v) is 10.8. The standard InChI is InChI=1S/C65H124O6/c1-2-3-4-5-6-7-8-9-10-11-12-13-14-15-16-17-18-19-20-21-22-23-24-25-26-27-28-29-30-31-32-33-34-35-36-37-38-39-40-41-42-43-44-45-46-47-48-49-50-51-52-53-54-55-56-62-57-63(68)70-60-65(58-66,59-67)61-71-64(62)69/h6-7,62,66-67H,2-5,8-61H2,1H3/b7-6+. The summed E-state index contributed by atoms with van der Waals surface area (Å²) in [4.78, 5) is 24.7. The number of hydrogen-bond donors (Lipinski definition) is 2. The molecule has 6 heteroatoms. The molecular formula is C65H124O6. The lowest BCUT2D eigenvalue weighted by Crippen LogP contribution is -2.40. The lowest BCUT2D eigenvalue weighted by molar-refractivity contribution is -0.155. The van der Waals surface area contributed by atoms with Crippen LogP contribution in [0.25, 0.3) is 0 Å². The zero-order valence-electron chi connectivity index (χ0n) is 47.8. The van der Waals surface area contributed by atoms with Gasteiger partial charge in [-0.25, -0.2) is 0 Å².